The van der Waals surface area contributed by atoms with E-state index in [1.807, 2.05) is 0 Å². The molecule has 0 aromatic heterocycles. The Balaban J connectivity index is 2.36. The van der Waals surface area contributed by atoms with Gasteiger partial charge in [0.25, 0.3) is 0 Å². The fraction of sp³-hybridized carbons (Fsp3) is 0.400. The average Bonchev–Trinajstić information content (AvgIpc) is 2.06. The lowest BCUT2D eigenvalue weighted by Crippen LogP contribution is -2.27. The highest BCUT2D eigenvalue weighted by Crippen LogP contribution is 2.48. The third-order valence-electron chi connectivity index (χ3n) is 2.53. The lowest BCUT2D eigenvalue weighted by molar-refractivity contribution is 0.502. The predicted molar refractivity (Wildman–Crippen MR) is 50.8 cm³/mol. The minimum atomic E-state index is -0.767. The highest BCUT2D eigenvalue weighted by Gasteiger charge is 2.34. The summed E-state index contributed by atoms with van der Waals surface area (Å²) in [5, 5.41) is 0. The van der Waals surface area contributed by atoms with E-state index in [1.165, 1.54) is 12.1 Å². The molecule has 0 amide bonds. The van der Waals surface area contributed by atoms with Gasteiger partial charge in [-0.3, -0.25) is 0 Å². The van der Waals surface area contributed by atoms with Crippen LogP contribution in [0.4, 0.5) is 8.78 Å². The maximum Gasteiger partial charge on any atom is 0.159 e. The van der Waals surface area contributed by atoms with Crippen molar-refractivity contribution in [3.63, 3.8) is 0 Å². The Kier molecular flexibility index (Phi) is 2.06. The minimum absolute atomic E-state index is 0.00847. The zero-order valence-electron chi connectivity index (χ0n) is 7.31. The van der Waals surface area contributed by atoms with Crippen LogP contribution in [-0.2, 0) is 4.75 Å². The Bertz CT molecular complexity index is 332. The highest BCUT2D eigenvalue weighted by atomic mass is 32.2. The molecule has 0 bridgehead atoms. The van der Waals surface area contributed by atoms with Crippen molar-refractivity contribution in [2.75, 3.05) is 5.75 Å². The van der Waals surface area contributed by atoms with Gasteiger partial charge in [0.1, 0.15) is 0 Å². The first-order valence-corrected chi connectivity index (χ1v) is 5.20. The molecule has 3 heteroatoms. The molecule has 1 atom stereocenters. The maximum atomic E-state index is 12.9. The smallest absolute Gasteiger partial charge is 0.159 e. The molecule has 0 aliphatic carbocycles. The predicted octanol–water partition coefficient (Wildman–Crippen LogP) is 3.32. The summed E-state index contributed by atoms with van der Waals surface area (Å²) in [4.78, 5) is 0. The number of hydrogen-bond acceptors (Lipinski definition) is 1. The van der Waals surface area contributed by atoms with Gasteiger partial charge in [-0.2, -0.15) is 11.8 Å². The monoisotopic (exact) mass is 200 g/mol. The molecular weight excluding hydrogens is 190 g/mol. The maximum absolute atomic E-state index is 12.9. The van der Waals surface area contributed by atoms with Crippen molar-refractivity contribution in [2.45, 2.75) is 18.1 Å². The second kappa shape index (κ2) is 2.98. The molecule has 0 nitrogen and oxygen atoms in total. The first kappa shape index (κ1) is 9.00. The molecule has 0 N–H and O–H groups in total. The highest BCUT2D eigenvalue weighted by molar-refractivity contribution is 8.01. The summed E-state index contributed by atoms with van der Waals surface area (Å²) in [5.74, 6) is -0.405. The van der Waals surface area contributed by atoms with Gasteiger partial charge in [0.15, 0.2) is 11.6 Å². The van der Waals surface area contributed by atoms with E-state index in [0.717, 1.165) is 17.7 Å². The molecule has 70 valence electrons. The Labute approximate surface area is 80.3 Å². The molecule has 1 heterocycles. The lowest BCUT2D eigenvalue weighted by atomic mass is 9.96. The average molecular weight is 200 g/mol. The molecule has 1 aromatic rings. The minimum Gasteiger partial charge on any atom is -0.204 e. The molecule has 1 fully saturated rings. The summed E-state index contributed by atoms with van der Waals surface area (Å²) < 4.78 is 25.5. The third kappa shape index (κ3) is 1.46. The van der Waals surface area contributed by atoms with Crippen LogP contribution in [0.15, 0.2) is 18.2 Å². The first-order valence-electron chi connectivity index (χ1n) is 4.21. The van der Waals surface area contributed by atoms with E-state index in [-0.39, 0.29) is 4.75 Å². The second-order valence-corrected chi connectivity index (χ2v) is 5.06. The summed E-state index contributed by atoms with van der Waals surface area (Å²) in [6.07, 6.45) is 1.04. The summed E-state index contributed by atoms with van der Waals surface area (Å²) in [6.45, 7) is 2.06. The SMILES string of the molecule is CC1(c2ccc(F)c(F)c2)CCS1. The van der Waals surface area contributed by atoms with E-state index in [2.05, 4.69) is 6.92 Å². The van der Waals surface area contributed by atoms with Gasteiger partial charge < -0.3 is 0 Å². The van der Waals surface area contributed by atoms with Gasteiger partial charge in [-0.05, 0) is 36.8 Å². The van der Waals surface area contributed by atoms with Gasteiger partial charge in [0.2, 0.25) is 0 Å². The van der Waals surface area contributed by atoms with Gasteiger partial charge in [-0.1, -0.05) is 6.07 Å². The fourth-order valence-corrected chi connectivity index (χ4v) is 2.57. The van der Waals surface area contributed by atoms with Crippen molar-refractivity contribution in [1.29, 1.82) is 0 Å². The normalized spacial score (nSPS) is 27.0. The van der Waals surface area contributed by atoms with Gasteiger partial charge in [0.05, 0.1) is 0 Å². The molecule has 1 aliphatic heterocycles. The van der Waals surface area contributed by atoms with Gasteiger partial charge in [0, 0.05) is 4.75 Å². The number of rotatable bonds is 1. The van der Waals surface area contributed by atoms with E-state index in [9.17, 15) is 8.78 Å². The van der Waals surface area contributed by atoms with Crippen LogP contribution in [0.3, 0.4) is 0 Å². The van der Waals surface area contributed by atoms with Crippen LogP contribution in [0.25, 0.3) is 0 Å². The van der Waals surface area contributed by atoms with Crippen molar-refractivity contribution in [3.8, 4) is 0 Å². The van der Waals surface area contributed by atoms with E-state index >= 15 is 0 Å². The Morgan fingerprint density at radius 2 is 2.00 bits per heavy atom. The zero-order chi connectivity index (χ0) is 9.47. The van der Waals surface area contributed by atoms with E-state index in [4.69, 9.17) is 0 Å². The summed E-state index contributed by atoms with van der Waals surface area (Å²) in [6, 6.07) is 4.18. The van der Waals surface area contributed by atoms with E-state index < -0.39 is 11.6 Å². The van der Waals surface area contributed by atoms with Gasteiger partial charge in [-0.25, -0.2) is 8.78 Å². The molecule has 2 rings (SSSR count). The number of hydrogen-bond donors (Lipinski definition) is 0. The molecular formula is C10H10F2S. The van der Waals surface area contributed by atoms with Crippen LogP contribution >= 0.6 is 11.8 Å². The van der Waals surface area contributed by atoms with Crippen LogP contribution < -0.4 is 0 Å². The van der Waals surface area contributed by atoms with Crippen LogP contribution in [0.5, 0.6) is 0 Å². The van der Waals surface area contributed by atoms with Crippen molar-refractivity contribution in [2.24, 2.45) is 0 Å². The molecule has 1 aliphatic rings. The second-order valence-electron chi connectivity index (χ2n) is 3.46. The summed E-state index contributed by atoms with van der Waals surface area (Å²) >= 11 is 1.79. The quantitative estimate of drug-likeness (QED) is 0.670. The Morgan fingerprint density at radius 1 is 1.31 bits per heavy atom. The third-order valence-corrected chi connectivity index (χ3v) is 4.02. The zero-order valence-corrected chi connectivity index (χ0v) is 8.13. The topological polar surface area (TPSA) is 0 Å². The molecule has 13 heavy (non-hydrogen) atoms. The summed E-state index contributed by atoms with van der Waals surface area (Å²) in [5.41, 5.74) is 0.891. The number of halogens is 2. The first-order chi connectivity index (χ1) is 6.12. The van der Waals surface area contributed by atoms with Crippen molar-refractivity contribution >= 4 is 11.8 Å². The molecule has 1 unspecified atom stereocenters. The largest absolute Gasteiger partial charge is 0.204 e. The molecule has 1 aromatic carbocycles. The molecule has 0 saturated carbocycles. The lowest BCUT2D eigenvalue weighted by Gasteiger charge is -2.38. The van der Waals surface area contributed by atoms with Gasteiger partial charge in [-0.15, -0.1) is 0 Å². The standard InChI is InChI=1S/C10H10F2S/c1-10(4-5-13-10)7-2-3-8(11)9(12)6-7/h2-3,6H,4-5H2,1H3. The Hall–Kier alpha value is -0.570. The molecule has 1 saturated heterocycles. The van der Waals surface area contributed by atoms with Gasteiger partial charge >= 0.3 is 0 Å². The summed E-state index contributed by atoms with van der Waals surface area (Å²) in [7, 11) is 0. The number of thioether (sulfide) groups is 1. The van der Waals surface area contributed by atoms with Crippen LogP contribution in [0.1, 0.15) is 18.9 Å². The molecule has 0 spiro atoms. The van der Waals surface area contributed by atoms with Crippen molar-refractivity contribution in [3.05, 3.63) is 35.4 Å². The van der Waals surface area contributed by atoms with Crippen molar-refractivity contribution < 1.29 is 8.78 Å². The van der Waals surface area contributed by atoms with E-state index in [0.29, 0.717) is 0 Å². The van der Waals surface area contributed by atoms with Crippen LogP contribution in [-0.4, -0.2) is 5.75 Å². The van der Waals surface area contributed by atoms with Crippen LogP contribution in [0.2, 0.25) is 0 Å². The van der Waals surface area contributed by atoms with Crippen LogP contribution in [0, 0.1) is 11.6 Å². The molecule has 0 radical (unpaired) electrons. The van der Waals surface area contributed by atoms with Crippen molar-refractivity contribution in [1.82, 2.24) is 0 Å². The Morgan fingerprint density at radius 3 is 2.46 bits per heavy atom. The van der Waals surface area contributed by atoms with E-state index in [1.54, 1.807) is 17.8 Å². The number of benzene rings is 1. The fourth-order valence-electron chi connectivity index (χ4n) is 1.46.